The van der Waals surface area contributed by atoms with E-state index in [2.05, 4.69) is 4.98 Å². The van der Waals surface area contributed by atoms with Crippen LogP contribution in [0.25, 0.3) is 0 Å². The summed E-state index contributed by atoms with van der Waals surface area (Å²) >= 11 is 1.47. The number of nitrogens with zero attached hydrogens (tertiary/aromatic N) is 2. The van der Waals surface area contributed by atoms with E-state index in [1.807, 2.05) is 18.7 Å². The van der Waals surface area contributed by atoms with Crippen LogP contribution in [0.5, 0.6) is 0 Å². The summed E-state index contributed by atoms with van der Waals surface area (Å²) in [6, 6.07) is 0.142. The molecule has 4 nitrogen and oxygen atoms in total. The van der Waals surface area contributed by atoms with E-state index < -0.39 is 0 Å². The van der Waals surface area contributed by atoms with Crippen molar-refractivity contribution < 1.29 is 4.79 Å². The lowest BCUT2D eigenvalue weighted by atomic mass is 10.3. The highest BCUT2D eigenvalue weighted by atomic mass is 32.1. The fraction of sp³-hybridized carbons (Fsp3) is 0.600. The van der Waals surface area contributed by atoms with Gasteiger partial charge in [-0.2, -0.15) is 0 Å². The normalized spacial score (nSPS) is 21.0. The maximum absolute atomic E-state index is 12.1. The van der Waals surface area contributed by atoms with Crippen LogP contribution in [0.1, 0.15) is 26.8 Å². The van der Waals surface area contributed by atoms with Crippen molar-refractivity contribution in [3.8, 4) is 0 Å². The van der Waals surface area contributed by atoms with Gasteiger partial charge < -0.3 is 10.6 Å². The van der Waals surface area contributed by atoms with E-state index >= 15 is 0 Å². The summed E-state index contributed by atoms with van der Waals surface area (Å²) in [4.78, 5) is 18.9. The molecule has 0 radical (unpaired) electrons. The lowest BCUT2D eigenvalue weighted by Gasteiger charge is -2.14. The maximum atomic E-state index is 12.1. The highest BCUT2D eigenvalue weighted by molar-refractivity contribution is 7.13. The Balaban J connectivity index is 2.17. The summed E-state index contributed by atoms with van der Waals surface area (Å²) in [7, 11) is 0. The van der Waals surface area contributed by atoms with Gasteiger partial charge >= 0.3 is 0 Å². The minimum Gasteiger partial charge on any atom is -0.336 e. The molecule has 1 aliphatic rings. The molecular weight excluding hydrogens is 210 g/mol. The van der Waals surface area contributed by atoms with Gasteiger partial charge in [0.2, 0.25) is 0 Å². The van der Waals surface area contributed by atoms with Gasteiger partial charge in [-0.1, -0.05) is 0 Å². The van der Waals surface area contributed by atoms with Gasteiger partial charge in [-0.05, 0) is 20.3 Å². The van der Waals surface area contributed by atoms with Crippen molar-refractivity contribution in [2.45, 2.75) is 26.3 Å². The van der Waals surface area contributed by atoms with E-state index in [4.69, 9.17) is 5.73 Å². The zero-order valence-corrected chi connectivity index (χ0v) is 9.80. The molecule has 5 heteroatoms. The Morgan fingerprint density at radius 1 is 1.60 bits per heavy atom. The van der Waals surface area contributed by atoms with Crippen LogP contribution >= 0.6 is 11.3 Å². The van der Waals surface area contributed by atoms with Gasteiger partial charge in [0.25, 0.3) is 5.91 Å². The molecule has 0 aromatic carbocycles. The predicted octanol–water partition coefficient (Wildman–Crippen LogP) is 0.933. The molecule has 82 valence electrons. The molecule has 1 aliphatic heterocycles. The van der Waals surface area contributed by atoms with Crippen LogP contribution < -0.4 is 5.73 Å². The Labute approximate surface area is 93.1 Å². The Morgan fingerprint density at radius 3 is 2.80 bits per heavy atom. The molecule has 0 spiro atoms. The standard InChI is InChI=1S/C10H15N3OS/c1-6-9(15-7(2)12-6)10(14)13-4-3-8(11)5-13/h8H,3-5,11H2,1-2H3/t8-/m1/s1. The number of carbonyl (C=O) groups excluding carboxylic acids is 1. The fourth-order valence-corrected chi connectivity index (χ4v) is 2.73. The van der Waals surface area contributed by atoms with E-state index in [-0.39, 0.29) is 11.9 Å². The molecule has 15 heavy (non-hydrogen) atoms. The summed E-state index contributed by atoms with van der Waals surface area (Å²) in [6.07, 6.45) is 0.905. The maximum Gasteiger partial charge on any atom is 0.265 e. The highest BCUT2D eigenvalue weighted by Crippen LogP contribution is 2.21. The predicted molar refractivity (Wildman–Crippen MR) is 60.1 cm³/mol. The number of aromatic nitrogens is 1. The second-order valence-corrected chi connectivity index (χ2v) is 5.15. The monoisotopic (exact) mass is 225 g/mol. The molecule has 1 saturated heterocycles. The summed E-state index contributed by atoms with van der Waals surface area (Å²) in [5.41, 5.74) is 6.61. The topological polar surface area (TPSA) is 59.2 Å². The van der Waals surface area contributed by atoms with Gasteiger partial charge in [-0.25, -0.2) is 4.98 Å². The number of nitrogens with two attached hydrogens (primary N) is 1. The van der Waals surface area contributed by atoms with Crippen LogP contribution in [0.15, 0.2) is 0 Å². The first-order valence-electron chi connectivity index (χ1n) is 5.07. The molecule has 0 bridgehead atoms. The first-order chi connectivity index (χ1) is 7.08. The van der Waals surface area contributed by atoms with Crippen LogP contribution in [0.3, 0.4) is 0 Å². The van der Waals surface area contributed by atoms with Gasteiger partial charge in [0.1, 0.15) is 4.88 Å². The fourth-order valence-electron chi connectivity index (χ4n) is 1.85. The molecule has 2 rings (SSSR count). The second-order valence-electron chi connectivity index (χ2n) is 3.95. The molecule has 1 atom stereocenters. The summed E-state index contributed by atoms with van der Waals surface area (Å²) in [5, 5.41) is 0.944. The van der Waals surface area contributed by atoms with Crippen molar-refractivity contribution in [2.24, 2.45) is 5.73 Å². The summed E-state index contributed by atoms with van der Waals surface area (Å²) < 4.78 is 0. The summed E-state index contributed by atoms with van der Waals surface area (Å²) in [6.45, 7) is 5.25. The smallest absolute Gasteiger partial charge is 0.265 e. The number of rotatable bonds is 1. The number of thiazole rings is 1. The number of likely N-dealkylation sites (tertiary alicyclic amines) is 1. The van der Waals surface area contributed by atoms with Crippen LogP contribution in [-0.2, 0) is 0 Å². The number of amides is 1. The van der Waals surface area contributed by atoms with Gasteiger partial charge in [-0.3, -0.25) is 4.79 Å². The van der Waals surface area contributed by atoms with Gasteiger partial charge in [0.15, 0.2) is 0 Å². The minimum atomic E-state index is 0.0889. The van der Waals surface area contributed by atoms with E-state index in [0.29, 0.717) is 6.54 Å². The number of carbonyl (C=O) groups is 1. The van der Waals surface area contributed by atoms with Crippen molar-refractivity contribution in [3.05, 3.63) is 15.6 Å². The van der Waals surface area contributed by atoms with E-state index in [1.54, 1.807) is 0 Å². The average molecular weight is 225 g/mol. The van der Waals surface area contributed by atoms with Crippen molar-refractivity contribution >= 4 is 17.2 Å². The first kappa shape index (κ1) is 10.6. The van der Waals surface area contributed by atoms with E-state index in [9.17, 15) is 4.79 Å². The van der Waals surface area contributed by atoms with Crippen molar-refractivity contribution in [1.82, 2.24) is 9.88 Å². The lowest BCUT2D eigenvalue weighted by molar-refractivity contribution is 0.0794. The van der Waals surface area contributed by atoms with Gasteiger partial charge in [0, 0.05) is 19.1 Å². The van der Waals surface area contributed by atoms with Crippen molar-refractivity contribution in [3.63, 3.8) is 0 Å². The number of aryl methyl sites for hydroxylation is 2. The summed E-state index contributed by atoms with van der Waals surface area (Å²) in [5.74, 6) is 0.0889. The molecule has 0 aliphatic carbocycles. The molecule has 2 N–H and O–H groups in total. The van der Waals surface area contributed by atoms with Crippen molar-refractivity contribution in [1.29, 1.82) is 0 Å². The third-order valence-corrected chi connectivity index (χ3v) is 3.67. The van der Waals surface area contributed by atoms with Crippen LogP contribution in [0.4, 0.5) is 0 Å². The molecule has 1 aromatic rings. The number of hydrogen-bond acceptors (Lipinski definition) is 4. The van der Waals surface area contributed by atoms with Crippen molar-refractivity contribution in [2.75, 3.05) is 13.1 Å². The first-order valence-corrected chi connectivity index (χ1v) is 5.88. The molecule has 0 unspecified atom stereocenters. The molecular formula is C10H15N3OS. The molecule has 0 saturated carbocycles. The SMILES string of the molecule is Cc1nc(C)c(C(=O)N2CC[C@@H](N)C2)s1. The minimum absolute atomic E-state index is 0.0889. The quantitative estimate of drug-likeness (QED) is 0.773. The molecule has 2 heterocycles. The third-order valence-electron chi connectivity index (χ3n) is 2.61. The third kappa shape index (κ3) is 2.03. The Hall–Kier alpha value is -0.940. The second kappa shape index (κ2) is 3.90. The average Bonchev–Trinajstić information content (AvgIpc) is 2.71. The van der Waals surface area contributed by atoms with Crippen LogP contribution in [-0.4, -0.2) is 34.9 Å². The Kier molecular flexibility index (Phi) is 2.75. The lowest BCUT2D eigenvalue weighted by Crippen LogP contribution is -2.31. The molecule has 1 aromatic heterocycles. The molecule has 1 amide bonds. The van der Waals surface area contributed by atoms with E-state index in [0.717, 1.165) is 28.5 Å². The molecule has 1 fully saturated rings. The Morgan fingerprint density at radius 2 is 2.33 bits per heavy atom. The van der Waals surface area contributed by atoms with E-state index in [1.165, 1.54) is 11.3 Å². The zero-order valence-electron chi connectivity index (χ0n) is 8.99. The number of hydrogen-bond donors (Lipinski definition) is 1. The van der Waals surface area contributed by atoms with Gasteiger partial charge in [0.05, 0.1) is 10.7 Å². The Bertz CT molecular complexity index is 388. The highest BCUT2D eigenvalue weighted by Gasteiger charge is 2.26. The van der Waals surface area contributed by atoms with Gasteiger partial charge in [-0.15, -0.1) is 11.3 Å². The largest absolute Gasteiger partial charge is 0.336 e. The van der Waals surface area contributed by atoms with Crippen LogP contribution in [0.2, 0.25) is 0 Å². The van der Waals surface area contributed by atoms with Crippen LogP contribution in [0, 0.1) is 13.8 Å². The zero-order chi connectivity index (χ0) is 11.0.